The van der Waals surface area contributed by atoms with E-state index in [1.165, 1.54) is 4.90 Å². The molecule has 0 aliphatic carbocycles. The number of hydrogen-bond donors (Lipinski definition) is 3. The molecule has 1 aromatic rings. The van der Waals surface area contributed by atoms with Crippen LogP contribution in [0.5, 0.6) is 0 Å². The highest BCUT2D eigenvalue weighted by atomic mass is 32.2. The number of carbonyl (C=O) groups excluding carboxylic acids is 1. The Morgan fingerprint density at radius 3 is 2.56 bits per heavy atom. The van der Waals surface area contributed by atoms with E-state index >= 15 is 0 Å². The van der Waals surface area contributed by atoms with Gasteiger partial charge in [-0.3, -0.25) is 0 Å². The predicted molar refractivity (Wildman–Crippen MR) is 65.7 cm³/mol. The van der Waals surface area contributed by atoms with E-state index in [-0.39, 0.29) is 19.2 Å². The average molecular weight is 240 g/mol. The van der Waals surface area contributed by atoms with Crippen LogP contribution in [-0.2, 0) is 0 Å². The topological polar surface area (TPSA) is 61.4 Å². The first-order valence-corrected chi connectivity index (χ1v) is 6.12. The molecule has 1 rings (SSSR count). The van der Waals surface area contributed by atoms with E-state index in [0.717, 1.165) is 5.75 Å². The smallest absolute Gasteiger partial charge is 0.314 e. The van der Waals surface area contributed by atoms with E-state index in [1.54, 1.807) is 11.8 Å². The van der Waals surface area contributed by atoms with E-state index in [4.69, 9.17) is 5.11 Å². The molecule has 0 aliphatic heterocycles. The van der Waals surface area contributed by atoms with Crippen LogP contribution in [0.4, 0.5) is 4.79 Å². The lowest BCUT2D eigenvalue weighted by atomic mass is 10.4. The standard InChI is InChI=1S/C11H16N2O2S/c14-8-6-12-11(15)13-7-9-16-10-4-2-1-3-5-10/h1-5,14H,6-9H2,(H2,12,13,15). The van der Waals surface area contributed by atoms with E-state index < -0.39 is 0 Å². The zero-order valence-corrected chi connectivity index (χ0v) is 9.80. The van der Waals surface area contributed by atoms with Crippen molar-refractivity contribution < 1.29 is 9.90 Å². The predicted octanol–water partition coefficient (Wildman–Crippen LogP) is 1.07. The van der Waals surface area contributed by atoms with Gasteiger partial charge in [0.25, 0.3) is 0 Å². The highest BCUT2D eigenvalue weighted by molar-refractivity contribution is 7.99. The van der Waals surface area contributed by atoms with Gasteiger partial charge in [0, 0.05) is 23.7 Å². The molecule has 0 saturated heterocycles. The maximum Gasteiger partial charge on any atom is 0.314 e. The van der Waals surface area contributed by atoms with Gasteiger partial charge in [-0.05, 0) is 12.1 Å². The van der Waals surface area contributed by atoms with Crippen LogP contribution in [0.15, 0.2) is 35.2 Å². The fourth-order valence-corrected chi connectivity index (χ4v) is 1.87. The Balaban J connectivity index is 2.06. The van der Waals surface area contributed by atoms with Crippen LogP contribution in [-0.4, -0.2) is 36.6 Å². The third-order valence-corrected chi connectivity index (χ3v) is 2.81. The molecule has 0 atom stereocenters. The number of nitrogens with one attached hydrogen (secondary N) is 2. The van der Waals surface area contributed by atoms with Crippen molar-refractivity contribution in [1.82, 2.24) is 10.6 Å². The van der Waals surface area contributed by atoms with E-state index in [1.807, 2.05) is 30.3 Å². The molecule has 0 bridgehead atoms. The number of hydrogen-bond acceptors (Lipinski definition) is 3. The molecule has 2 amide bonds. The Morgan fingerprint density at radius 1 is 1.19 bits per heavy atom. The molecule has 3 N–H and O–H groups in total. The fourth-order valence-electron chi connectivity index (χ4n) is 1.08. The Hall–Kier alpha value is -1.20. The first-order chi connectivity index (χ1) is 7.83. The van der Waals surface area contributed by atoms with Gasteiger partial charge >= 0.3 is 6.03 Å². The lowest BCUT2D eigenvalue weighted by molar-refractivity contribution is 0.235. The second kappa shape index (κ2) is 8.01. The maximum absolute atomic E-state index is 11.1. The molecule has 0 radical (unpaired) electrons. The largest absolute Gasteiger partial charge is 0.395 e. The van der Waals surface area contributed by atoms with Gasteiger partial charge in [0.05, 0.1) is 6.61 Å². The van der Waals surface area contributed by atoms with Crippen molar-refractivity contribution >= 4 is 17.8 Å². The van der Waals surface area contributed by atoms with Crippen LogP contribution < -0.4 is 10.6 Å². The highest BCUT2D eigenvalue weighted by Gasteiger charge is 1.97. The first-order valence-electron chi connectivity index (χ1n) is 5.13. The van der Waals surface area contributed by atoms with E-state index in [2.05, 4.69) is 10.6 Å². The SMILES string of the molecule is O=C(NCCO)NCCSc1ccccc1. The van der Waals surface area contributed by atoms with E-state index in [9.17, 15) is 4.79 Å². The van der Waals surface area contributed by atoms with Crippen molar-refractivity contribution in [2.75, 3.05) is 25.4 Å². The highest BCUT2D eigenvalue weighted by Crippen LogP contribution is 2.15. The van der Waals surface area contributed by atoms with Crippen LogP contribution in [0.25, 0.3) is 0 Å². The molecule has 1 aromatic carbocycles. The van der Waals surface area contributed by atoms with Gasteiger partial charge in [-0.15, -0.1) is 11.8 Å². The van der Waals surface area contributed by atoms with Crippen molar-refractivity contribution in [3.8, 4) is 0 Å². The van der Waals surface area contributed by atoms with Gasteiger partial charge in [-0.1, -0.05) is 18.2 Å². The average Bonchev–Trinajstić information content (AvgIpc) is 2.33. The van der Waals surface area contributed by atoms with Crippen LogP contribution in [0, 0.1) is 0 Å². The lowest BCUT2D eigenvalue weighted by Gasteiger charge is -2.05. The molecule has 0 heterocycles. The number of thioether (sulfide) groups is 1. The van der Waals surface area contributed by atoms with Gasteiger partial charge in [0.2, 0.25) is 0 Å². The first kappa shape index (κ1) is 12.9. The second-order valence-corrected chi connectivity index (χ2v) is 4.24. The Morgan fingerprint density at radius 2 is 1.88 bits per heavy atom. The molecule has 16 heavy (non-hydrogen) atoms. The quantitative estimate of drug-likeness (QED) is 0.515. The zero-order valence-electron chi connectivity index (χ0n) is 8.98. The van der Waals surface area contributed by atoms with Crippen molar-refractivity contribution in [3.63, 3.8) is 0 Å². The monoisotopic (exact) mass is 240 g/mol. The molecule has 0 unspecified atom stereocenters. The molecule has 0 fully saturated rings. The van der Waals surface area contributed by atoms with E-state index in [0.29, 0.717) is 6.54 Å². The molecule has 4 nitrogen and oxygen atoms in total. The minimum atomic E-state index is -0.234. The maximum atomic E-state index is 11.1. The summed E-state index contributed by atoms with van der Waals surface area (Å²) in [6.07, 6.45) is 0. The summed E-state index contributed by atoms with van der Waals surface area (Å²) in [4.78, 5) is 12.3. The number of rotatable bonds is 6. The van der Waals surface area contributed by atoms with Gasteiger partial charge in [-0.2, -0.15) is 0 Å². The summed E-state index contributed by atoms with van der Waals surface area (Å²) in [6.45, 7) is 0.862. The summed E-state index contributed by atoms with van der Waals surface area (Å²) < 4.78 is 0. The molecule has 0 spiro atoms. The molecule has 88 valence electrons. The third kappa shape index (κ3) is 5.63. The van der Waals surface area contributed by atoms with Crippen LogP contribution >= 0.6 is 11.8 Å². The fraction of sp³-hybridized carbons (Fsp3) is 0.364. The zero-order chi connectivity index (χ0) is 11.6. The summed E-state index contributed by atoms with van der Waals surface area (Å²) in [7, 11) is 0. The number of carbonyl (C=O) groups is 1. The molecule has 5 heteroatoms. The number of urea groups is 1. The number of aliphatic hydroxyl groups excluding tert-OH is 1. The summed E-state index contributed by atoms with van der Waals surface area (Å²) >= 11 is 1.69. The normalized spacial score (nSPS) is 9.81. The van der Waals surface area contributed by atoms with Crippen molar-refractivity contribution in [2.45, 2.75) is 4.90 Å². The molecule has 0 aliphatic rings. The lowest BCUT2D eigenvalue weighted by Crippen LogP contribution is -2.38. The third-order valence-electron chi connectivity index (χ3n) is 1.80. The summed E-state index contributed by atoms with van der Waals surface area (Å²) in [5.41, 5.74) is 0. The minimum absolute atomic E-state index is 0.0355. The Kier molecular flexibility index (Phi) is 6.44. The van der Waals surface area contributed by atoms with Crippen LogP contribution in [0.2, 0.25) is 0 Å². The molecular formula is C11H16N2O2S. The molecule has 0 saturated carbocycles. The summed E-state index contributed by atoms with van der Waals surface area (Å²) in [5.74, 6) is 0.830. The van der Waals surface area contributed by atoms with Crippen molar-refractivity contribution in [1.29, 1.82) is 0 Å². The van der Waals surface area contributed by atoms with Crippen LogP contribution in [0.3, 0.4) is 0 Å². The molecular weight excluding hydrogens is 224 g/mol. The van der Waals surface area contributed by atoms with Gasteiger partial charge in [0.1, 0.15) is 0 Å². The summed E-state index contributed by atoms with van der Waals surface area (Å²) in [5, 5.41) is 13.7. The van der Waals surface area contributed by atoms with Gasteiger partial charge in [-0.25, -0.2) is 4.79 Å². The number of aliphatic hydroxyl groups is 1. The number of amides is 2. The second-order valence-electron chi connectivity index (χ2n) is 3.07. The van der Waals surface area contributed by atoms with Gasteiger partial charge in [0.15, 0.2) is 0 Å². The van der Waals surface area contributed by atoms with Gasteiger partial charge < -0.3 is 15.7 Å². The van der Waals surface area contributed by atoms with Crippen LogP contribution in [0.1, 0.15) is 0 Å². The minimum Gasteiger partial charge on any atom is -0.395 e. The Labute approximate surface area is 99.4 Å². The number of benzene rings is 1. The molecule has 0 aromatic heterocycles. The summed E-state index contributed by atoms with van der Waals surface area (Å²) in [6, 6.07) is 9.80. The Bertz CT molecular complexity index is 306. The van der Waals surface area contributed by atoms with Crippen molar-refractivity contribution in [2.24, 2.45) is 0 Å². The van der Waals surface area contributed by atoms with Crippen molar-refractivity contribution in [3.05, 3.63) is 30.3 Å².